The van der Waals surface area contributed by atoms with Gasteiger partial charge in [-0.1, -0.05) is 0 Å². The molecule has 0 amide bonds. The lowest BCUT2D eigenvalue weighted by Crippen LogP contribution is -2.38. The van der Waals surface area contributed by atoms with Crippen LogP contribution >= 0.6 is 0 Å². The quantitative estimate of drug-likeness (QED) is 0.666. The molecular weight excluding hydrogens is 182 g/mol. The van der Waals surface area contributed by atoms with E-state index < -0.39 is 5.97 Å². The van der Waals surface area contributed by atoms with Crippen molar-refractivity contribution in [2.75, 3.05) is 20.3 Å². The van der Waals surface area contributed by atoms with E-state index in [-0.39, 0.29) is 12.5 Å². The molecule has 0 heterocycles. The van der Waals surface area contributed by atoms with E-state index in [9.17, 15) is 4.79 Å². The van der Waals surface area contributed by atoms with Gasteiger partial charge in [0.2, 0.25) is 0 Å². The number of ether oxygens (including phenoxy) is 1. The SMILES string of the molecule is COCCN(C(C)CC(=O)O)C1CC1. The van der Waals surface area contributed by atoms with Gasteiger partial charge in [-0.25, -0.2) is 0 Å². The van der Waals surface area contributed by atoms with E-state index in [0.717, 1.165) is 6.54 Å². The Kier molecular flexibility index (Phi) is 4.35. The van der Waals surface area contributed by atoms with Crippen molar-refractivity contribution in [3.05, 3.63) is 0 Å². The van der Waals surface area contributed by atoms with E-state index in [2.05, 4.69) is 4.90 Å². The van der Waals surface area contributed by atoms with Crippen LogP contribution in [0, 0.1) is 0 Å². The lowest BCUT2D eigenvalue weighted by Gasteiger charge is -2.27. The molecule has 1 rings (SSSR count). The third kappa shape index (κ3) is 3.64. The second kappa shape index (κ2) is 5.32. The van der Waals surface area contributed by atoms with E-state index in [1.807, 2.05) is 6.92 Å². The number of carboxylic acids is 1. The molecule has 1 saturated carbocycles. The van der Waals surface area contributed by atoms with Crippen LogP contribution in [0.4, 0.5) is 0 Å². The van der Waals surface area contributed by atoms with Crippen molar-refractivity contribution in [3.63, 3.8) is 0 Å². The topological polar surface area (TPSA) is 49.8 Å². The zero-order valence-electron chi connectivity index (χ0n) is 8.90. The molecule has 0 bridgehead atoms. The maximum atomic E-state index is 10.6. The number of carboxylic acid groups (broad SMARTS) is 1. The van der Waals surface area contributed by atoms with E-state index in [0.29, 0.717) is 12.6 Å². The molecule has 1 fully saturated rings. The Balaban J connectivity index is 2.35. The van der Waals surface area contributed by atoms with Crippen LogP contribution in [0.15, 0.2) is 0 Å². The summed E-state index contributed by atoms with van der Waals surface area (Å²) in [5, 5.41) is 8.70. The highest BCUT2D eigenvalue weighted by Crippen LogP contribution is 2.29. The van der Waals surface area contributed by atoms with Gasteiger partial charge in [0.1, 0.15) is 0 Å². The predicted octanol–water partition coefficient (Wildman–Crippen LogP) is 0.960. The van der Waals surface area contributed by atoms with E-state index in [1.165, 1.54) is 12.8 Å². The molecule has 1 N–H and O–H groups in total. The van der Waals surface area contributed by atoms with Crippen LogP contribution in [0.3, 0.4) is 0 Å². The Morgan fingerprint density at radius 3 is 2.71 bits per heavy atom. The monoisotopic (exact) mass is 201 g/mol. The summed E-state index contributed by atoms with van der Waals surface area (Å²) in [5.74, 6) is -0.722. The van der Waals surface area contributed by atoms with Crippen molar-refractivity contribution in [1.82, 2.24) is 4.90 Å². The number of carbonyl (C=O) groups is 1. The van der Waals surface area contributed by atoms with Gasteiger partial charge in [0.15, 0.2) is 0 Å². The fourth-order valence-corrected chi connectivity index (χ4v) is 1.74. The van der Waals surface area contributed by atoms with E-state index >= 15 is 0 Å². The van der Waals surface area contributed by atoms with Crippen molar-refractivity contribution >= 4 is 5.97 Å². The second-order valence-corrected chi connectivity index (χ2v) is 3.91. The van der Waals surface area contributed by atoms with Gasteiger partial charge in [0, 0.05) is 25.7 Å². The van der Waals surface area contributed by atoms with E-state index in [1.54, 1.807) is 7.11 Å². The Labute approximate surface area is 84.8 Å². The first kappa shape index (κ1) is 11.5. The molecule has 0 aromatic heterocycles. The fourth-order valence-electron chi connectivity index (χ4n) is 1.74. The highest BCUT2D eigenvalue weighted by atomic mass is 16.5. The Morgan fingerprint density at radius 1 is 1.64 bits per heavy atom. The van der Waals surface area contributed by atoms with Gasteiger partial charge in [0.25, 0.3) is 0 Å². The second-order valence-electron chi connectivity index (χ2n) is 3.91. The molecule has 0 aromatic carbocycles. The highest BCUT2D eigenvalue weighted by Gasteiger charge is 2.32. The largest absolute Gasteiger partial charge is 0.481 e. The number of rotatable bonds is 7. The molecular formula is C10H19NO3. The third-order valence-corrected chi connectivity index (χ3v) is 2.61. The van der Waals surface area contributed by atoms with Crippen LogP contribution < -0.4 is 0 Å². The van der Waals surface area contributed by atoms with Gasteiger partial charge in [-0.05, 0) is 19.8 Å². The molecule has 0 radical (unpaired) electrons. The summed E-state index contributed by atoms with van der Waals surface area (Å²) < 4.78 is 5.02. The van der Waals surface area contributed by atoms with Crippen LogP contribution in [-0.4, -0.2) is 48.3 Å². The zero-order valence-corrected chi connectivity index (χ0v) is 8.90. The van der Waals surface area contributed by atoms with Gasteiger partial charge < -0.3 is 9.84 Å². The number of nitrogens with zero attached hydrogens (tertiary/aromatic N) is 1. The first-order chi connectivity index (χ1) is 6.65. The van der Waals surface area contributed by atoms with Crippen molar-refractivity contribution in [2.24, 2.45) is 0 Å². The van der Waals surface area contributed by atoms with Crippen molar-refractivity contribution in [3.8, 4) is 0 Å². The summed E-state index contributed by atoms with van der Waals surface area (Å²) in [4.78, 5) is 12.8. The molecule has 4 heteroatoms. The summed E-state index contributed by atoms with van der Waals surface area (Å²) in [5.41, 5.74) is 0. The van der Waals surface area contributed by atoms with Crippen LogP contribution in [0.25, 0.3) is 0 Å². The fraction of sp³-hybridized carbons (Fsp3) is 0.900. The summed E-state index contributed by atoms with van der Waals surface area (Å²) in [6, 6.07) is 0.717. The molecule has 14 heavy (non-hydrogen) atoms. The van der Waals surface area contributed by atoms with E-state index in [4.69, 9.17) is 9.84 Å². The third-order valence-electron chi connectivity index (χ3n) is 2.61. The minimum Gasteiger partial charge on any atom is -0.481 e. The molecule has 1 aliphatic rings. The van der Waals surface area contributed by atoms with Crippen molar-refractivity contribution in [1.29, 1.82) is 0 Å². The van der Waals surface area contributed by atoms with Gasteiger partial charge in [-0.2, -0.15) is 0 Å². The highest BCUT2D eigenvalue weighted by molar-refractivity contribution is 5.67. The maximum absolute atomic E-state index is 10.6. The predicted molar refractivity (Wildman–Crippen MR) is 53.3 cm³/mol. The van der Waals surface area contributed by atoms with Crippen LogP contribution in [-0.2, 0) is 9.53 Å². The molecule has 0 spiro atoms. The van der Waals surface area contributed by atoms with Gasteiger partial charge in [0.05, 0.1) is 13.0 Å². The number of aliphatic carboxylic acids is 1. The van der Waals surface area contributed by atoms with Crippen LogP contribution in [0.5, 0.6) is 0 Å². The first-order valence-electron chi connectivity index (χ1n) is 5.11. The Hall–Kier alpha value is -0.610. The molecule has 0 saturated heterocycles. The summed E-state index contributed by atoms with van der Waals surface area (Å²) in [7, 11) is 1.67. The van der Waals surface area contributed by atoms with Gasteiger partial charge >= 0.3 is 5.97 Å². The number of methoxy groups -OCH3 is 1. The minimum absolute atomic E-state index is 0.121. The number of hydrogen-bond donors (Lipinski definition) is 1. The lowest BCUT2D eigenvalue weighted by molar-refractivity contribution is -0.138. The van der Waals surface area contributed by atoms with Gasteiger partial charge in [-0.3, -0.25) is 9.69 Å². The normalized spacial score (nSPS) is 18.5. The Morgan fingerprint density at radius 2 is 2.29 bits per heavy atom. The first-order valence-corrected chi connectivity index (χ1v) is 5.11. The standard InChI is InChI=1S/C10H19NO3/c1-8(7-10(12)13)11(5-6-14-2)9-3-4-9/h8-9H,3-7H2,1-2H3,(H,12,13). The summed E-state index contributed by atoms with van der Waals surface area (Å²) in [6.07, 6.45) is 2.63. The average Bonchev–Trinajstić information content (AvgIpc) is 2.87. The summed E-state index contributed by atoms with van der Waals surface area (Å²) in [6.45, 7) is 3.50. The smallest absolute Gasteiger partial charge is 0.304 e. The Bertz CT molecular complexity index is 192. The molecule has 1 aliphatic carbocycles. The van der Waals surface area contributed by atoms with Crippen molar-refractivity contribution in [2.45, 2.75) is 38.3 Å². The molecule has 4 nitrogen and oxygen atoms in total. The molecule has 1 atom stereocenters. The molecule has 1 unspecified atom stereocenters. The number of hydrogen-bond acceptors (Lipinski definition) is 3. The minimum atomic E-state index is -0.722. The molecule has 0 aliphatic heterocycles. The summed E-state index contributed by atoms with van der Waals surface area (Å²) >= 11 is 0. The molecule has 0 aromatic rings. The van der Waals surface area contributed by atoms with Crippen molar-refractivity contribution < 1.29 is 14.6 Å². The maximum Gasteiger partial charge on any atom is 0.304 e. The van der Waals surface area contributed by atoms with Crippen LogP contribution in [0.2, 0.25) is 0 Å². The zero-order chi connectivity index (χ0) is 10.6. The average molecular weight is 201 g/mol. The lowest BCUT2D eigenvalue weighted by atomic mass is 10.2. The van der Waals surface area contributed by atoms with Crippen LogP contribution in [0.1, 0.15) is 26.2 Å². The van der Waals surface area contributed by atoms with Gasteiger partial charge in [-0.15, -0.1) is 0 Å². The molecule has 82 valence electrons.